The third-order valence-electron chi connectivity index (χ3n) is 3.04. The third-order valence-corrected chi connectivity index (χ3v) is 3.04. The molecule has 0 saturated carbocycles. The van der Waals surface area contributed by atoms with E-state index in [-0.39, 0.29) is 60.7 Å². The molecule has 114 valence electrons. The van der Waals surface area contributed by atoms with Gasteiger partial charge in [0.25, 0.3) is 0 Å². The first-order valence-corrected chi connectivity index (χ1v) is 6.53. The molecule has 1 aromatic heterocycles. The van der Waals surface area contributed by atoms with Crippen LogP contribution in [0.5, 0.6) is 0 Å². The number of carboxylic acid groups (broad SMARTS) is 1. The SMILES string of the molecule is CNc1nc(-c2ccc(F)cc2)c(C(=O)O)c(C(C)C)n1.[CaH2]. The summed E-state index contributed by atoms with van der Waals surface area (Å²) in [4.78, 5) is 20.1. The van der Waals surface area contributed by atoms with E-state index in [1.807, 2.05) is 13.8 Å². The van der Waals surface area contributed by atoms with Gasteiger partial charge in [-0.2, -0.15) is 0 Å². The third kappa shape index (κ3) is 3.94. The minimum atomic E-state index is -1.10. The van der Waals surface area contributed by atoms with Crippen LogP contribution in [0, 0.1) is 5.82 Å². The Balaban J connectivity index is 0.00000242. The number of carboxylic acids is 1. The number of anilines is 1. The van der Waals surface area contributed by atoms with Crippen molar-refractivity contribution in [2.75, 3.05) is 12.4 Å². The van der Waals surface area contributed by atoms with Crippen molar-refractivity contribution in [3.63, 3.8) is 0 Å². The van der Waals surface area contributed by atoms with Crippen LogP contribution in [0.3, 0.4) is 0 Å². The molecule has 7 heteroatoms. The van der Waals surface area contributed by atoms with E-state index < -0.39 is 5.97 Å². The number of hydrogen-bond donors (Lipinski definition) is 2. The normalized spacial score (nSPS) is 10.2. The predicted octanol–water partition coefficient (Wildman–Crippen LogP) is 2.23. The van der Waals surface area contributed by atoms with Gasteiger partial charge in [-0.3, -0.25) is 0 Å². The molecule has 0 fully saturated rings. The van der Waals surface area contributed by atoms with E-state index in [2.05, 4.69) is 15.3 Å². The molecule has 0 amide bonds. The summed E-state index contributed by atoms with van der Waals surface area (Å²) in [5, 5.41) is 12.3. The summed E-state index contributed by atoms with van der Waals surface area (Å²) < 4.78 is 13.1. The van der Waals surface area contributed by atoms with Gasteiger partial charge < -0.3 is 10.4 Å². The number of rotatable bonds is 4. The fourth-order valence-corrected chi connectivity index (χ4v) is 2.04. The zero-order valence-electron chi connectivity index (χ0n) is 12.0. The molecular weight excluding hydrogens is 313 g/mol. The first kappa shape index (κ1) is 18.8. The number of carbonyl (C=O) groups is 1. The zero-order valence-corrected chi connectivity index (χ0v) is 12.0. The quantitative estimate of drug-likeness (QED) is 0.840. The van der Waals surface area contributed by atoms with Crippen molar-refractivity contribution in [2.45, 2.75) is 19.8 Å². The van der Waals surface area contributed by atoms with Crippen molar-refractivity contribution in [3.8, 4) is 11.3 Å². The van der Waals surface area contributed by atoms with Gasteiger partial charge in [0.05, 0.1) is 11.4 Å². The van der Waals surface area contributed by atoms with E-state index in [1.165, 1.54) is 24.3 Å². The molecule has 0 aliphatic heterocycles. The van der Waals surface area contributed by atoms with Crippen molar-refractivity contribution in [1.82, 2.24) is 9.97 Å². The molecule has 0 atom stereocenters. The summed E-state index contributed by atoms with van der Waals surface area (Å²) in [6.45, 7) is 3.73. The molecule has 0 spiro atoms. The van der Waals surface area contributed by atoms with E-state index in [9.17, 15) is 14.3 Å². The van der Waals surface area contributed by atoms with Crippen LogP contribution in [0.15, 0.2) is 24.3 Å². The summed E-state index contributed by atoms with van der Waals surface area (Å²) in [5.74, 6) is -1.23. The molecule has 22 heavy (non-hydrogen) atoms. The Morgan fingerprint density at radius 1 is 1.23 bits per heavy atom. The fourth-order valence-electron chi connectivity index (χ4n) is 2.04. The molecule has 5 nitrogen and oxygen atoms in total. The Morgan fingerprint density at radius 2 is 1.82 bits per heavy atom. The van der Waals surface area contributed by atoms with E-state index in [4.69, 9.17) is 0 Å². The summed E-state index contributed by atoms with van der Waals surface area (Å²) in [6, 6.07) is 5.57. The van der Waals surface area contributed by atoms with Crippen molar-refractivity contribution in [2.24, 2.45) is 0 Å². The standard InChI is InChI=1S/C15H16FN3O2.Ca.2H/c1-8(2)12-11(14(20)21)13(19-15(17-3)18-12)9-4-6-10(16)7-5-9;;;/h4-8H,1-3H3,(H,20,21)(H,17,18,19);;;. The topological polar surface area (TPSA) is 75.1 Å². The van der Waals surface area contributed by atoms with Gasteiger partial charge >= 0.3 is 43.7 Å². The summed E-state index contributed by atoms with van der Waals surface area (Å²) in [5.41, 5.74) is 1.32. The van der Waals surface area contributed by atoms with E-state index in [1.54, 1.807) is 7.05 Å². The molecule has 1 aromatic carbocycles. The van der Waals surface area contributed by atoms with Crippen LogP contribution in [0.4, 0.5) is 10.3 Å². The van der Waals surface area contributed by atoms with Crippen LogP contribution in [0.2, 0.25) is 0 Å². The van der Waals surface area contributed by atoms with Gasteiger partial charge in [0.15, 0.2) is 0 Å². The monoisotopic (exact) mass is 331 g/mol. The van der Waals surface area contributed by atoms with Gasteiger partial charge in [0.2, 0.25) is 5.95 Å². The maximum absolute atomic E-state index is 13.1. The molecule has 0 unspecified atom stereocenters. The first-order chi connectivity index (χ1) is 9.93. The van der Waals surface area contributed by atoms with Gasteiger partial charge in [-0.1, -0.05) is 13.8 Å². The van der Waals surface area contributed by atoms with Gasteiger partial charge in [-0.25, -0.2) is 19.2 Å². The maximum atomic E-state index is 13.1. The Labute approximate surface area is 158 Å². The van der Waals surface area contributed by atoms with Crippen LogP contribution in [0.1, 0.15) is 35.8 Å². The van der Waals surface area contributed by atoms with Crippen molar-refractivity contribution >= 4 is 49.7 Å². The summed E-state index contributed by atoms with van der Waals surface area (Å²) >= 11 is 0. The van der Waals surface area contributed by atoms with Gasteiger partial charge in [-0.05, 0) is 30.2 Å². The van der Waals surface area contributed by atoms with Gasteiger partial charge in [-0.15, -0.1) is 0 Å². The molecule has 0 radical (unpaired) electrons. The summed E-state index contributed by atoms with van der Waals surface area (Å²) in [6.07, 6.45) is 0. The molecule has 1 heterocycles. The van der Waals surface area contributed by atoms with Crippen LogP contribution in [-0.4, -0.2) is 65.8 Å². The molecular formula is C15H18CaFN3O2. The Kier molecular flexibility index (Phi) is 6.71. The molecule has 0 bridgehead atoms. The zero-order chi connectivity index (χ0) is 15.6. The Hall–Kier alpha value is -1.24. The Bertz CT molecular complexity index is 675. The number of aromatic carboxylic acids is 1. The van der Waals surface area contributed by atoms with Crippen LogP contribution in [0.25, 0.3) is 11.3 Å². The fraction of sp³-hybridized carbons (Fsp3) is 0.267. The van der Waals surface area contributed by atoms with Crippen LogP contribution in [-0.2, 0) is 0 Å². The second kappa shape index (κ2) is 7.85. The number of benzene rings is 1. The first-order valence-electron chi connectivity index (χ1n) is 6.53. The van der Waals surface area contributed by atoms with Gasteiger partial charge in [0.1, 0.15) is 11.4 Å². The Morgan fingerprint density at radius 3 is 2.27 bits per heavy atom. The summed E-state index contributed by atoms with van der Waals surface area (Å²) in [7, 11) is 1.66. The van der Waals surface area contributed by atoms with Crippen molar-refractivity contribution in [1.29, 1.82) is 0 Å². The van der Waals surface area contributed by atoms with Crippen molar-refractivity contribution in [3.05, 3.63) is 41.3 Å². The van der Waals surface area contributed by atoms with Gasteiger partial charge in [0, 0.05) is 12.6 Å². The van der Waals surface area contributed by atoms with E-state index in [0.717, 1.165) is 0 Å². The molecule has 0 aliphatic rings. The molecule has 2 aromatic rings. The second-order valence-corrected chi connectivity index (χ2v) is 4.87. The molecule has 0 saturated heterocycles. The molecule has 2 N–H and O–H groups in total. The minimum absolute atomic E-state index is 0. The second-order valence-electron chi connectivity index (χ2n) is 4.87. The van der Waals surface area contributed by atoms with Crippen molar-refractivity contribution < 1.29 is 14.3 Å². The average Bonchev–Trinajstić information content (AvgIpc) is 2.46. The number of halogens is 1. The predicted molar refractivity (Wildman–Crippen MR) is 86.6 cm³/mol. The van der Waals surface area contributed by atoms with Crippen LogP contribution < -0.4 is 5.32 Å². The van der Waals surface area contributed by atoms with Crippen LogP contribution >= 0.6 is 0 Å². The van der Waals surface area contributed by atoms with E-state index >= 15 is 0 Å². The molecule has 2 rings (SSSR count). The number of nitrogens with one attached hydrogen (secondary N) is 1. The number of hydrogen-bond acceptors (Lipinski definition) is 4. The number of aromatic nitrogens is 2. The number of nitrogens with zero attached hydrogens (tertiary/aromatic N) is 2. The van der Waals surface area contributed by atoms with E-state index in [0.29, 0.717) is 17.2 Å². The average molecular weight is 331 g/mol. The molecule has 0 aliphatic carbocycles.